The molecule has 0 spiro atoms. The monoisotopic (exact) mass is 186 g/mol. The van der Waals surface area contributed by atoms with E-state index in [4.69, 9.17) is 5.73 Å². The molecule has 0 saturated heterocycles. The van der Waals surface area contributed by atoms with Gasteiger partial charge in [0.1, 0.15) is 0 Å². The summed E-state index contributed by atoms with van der Waals surface area (Å²) < 4.78 is 0. The molecule has 3 N–H and O–H groups in total. The van der Waals surface area contributed by atoms with Gasteiger partial charge in [-0.2, -0.15) is 0 Å². The molecule has 0 aliphatic rings. The fourth-order valence-corrected chi connectivity index (χ4v) is 0.730. The average Bonchev–Trinajstić information content (AvgIpc) is 2.31. The SMILES string of the molecule is CC(C)Nn1nc([N+](=O)[O-])nc1N. The van der Waals surface area contributed by atoms with Gasteiger partial charge < -0.3 is 15.8 Å². The first kappa shape index (κ1) is 9.23. The third-order valence-corrected chi connectivity index (χ3v) is 1.16. The third-order valence-electron chi connectivity index (χ3n) is 1.16. The van der Waals surface area contributed by atoms with Crippen molar-refractivity contribution in [2.45, 2.75) is 19.9 Å². The highest BCUT2D eigenvalue weighted by molar-refractivity contribution is 5.22. The minimum absolute atomic E-state index is 0.0274. The maximum atomic E-state index is 10.2. The Labute approximate surface area is 73.9 Å². The fourth-order valence-electron chi connectivity index (χ4n) is 0.730. The lowest BCUT2D eigenvalue weighted by Crippen LogP contribution is -2.24. The van der Waals surface area contributed by atoms with Crippen LogP contribution in [-0.2, 0) is 0 Å². The van der Waals surface area contributed by atoms with E-state index in [0.717, 1.165) is 4.79 Å². The first-order chi connectivity index (χ1) is 6.00. The number of nitrogens with two attached hydrogens (primary N) is 1. The molecule has 13 heavy (non-hydrogen) atoms. The zero-order valence-electron chi connectivity index (χ0n) is 7.26. The van der Waals surface area contributed by atoms with Crippen molar-refractivity contribution in [2.24, 2.45) is 0 Å². The second-order valence-corrected chi connectivity index (χ2v) is 2.72. The van der Waals surface area contributed by atoms with Gasteiger partial charge in [-0.05, 0) is 23.8 Å². The Hall–Kier alpha value is -1.86. The van der Waals surface area contributed by atoms with E-state index in [2.05, 4.69) is 15.5 Å². The minimum atomic E-state index is -0.700. The summed E-state index contributed by atoms with van der Waals surface area (Å²) in [4.78, 5) is 14.1. The zero-order valence-corrected chi connectivity index (χ0v) is 7.26. The summed E-state index contributed by atoms with van der Waals surface area (Å²) >= 11 is 0. The van der Waals surface area contributed by atoms with Crippen LogP contribution in [0.2, 0.25) is 0 Å². The van der Waals surface area contributed by atoms with Gasteiger partial charge in [0.05, 0.1) is 5.10 Å². The van der Waals surface area contributed by atoms with Crippen LogP contribution in [0.4, 0.5) is 11.9 Å². The molecule has 0 aliphatic heterocycles. The van der Waals surface area contributed by atoms with Gasteiger partial charge in [-0.1, -0.05) is 4.79 Å². The van der Waals surface area contributed by atoms with Gasteiger partial charge in [-0.25, -0.2) is 0 Å². The van der Waals surface area contributed by atoms with Crippen LogP contribution < -0.4 is 11.2 Å². The zero-order chi connectivity index (χ0) is 10.0. The van der Waals surface area contributed by atoms with Crippen molar-refractivity contribution in [2.75, 3.05) is 11.2 Å². The highest BCUT2D eigenvalue weighted by Crippen LogP contribution is 2.05. The van der Waals surface area contributed by atoms with Gasteiger partial charge in [-0.3, -0.25) is 5.43 Å². The molecular weight excluding hydrogens is 176 g/mol. The number of anilines is 1. The Morgan fingerprint density at radius 1 is 1.69 bits per heavy atom. The minimum Gasteiger partial charge on any atom is -0.390 e. The normalized spacial score (nSPS) is 10.4. The second-order valence-electron chi connectivity index (χ2n) is 2.72. The molecule has 0 aromatic carbocycles. The molecule has 8 nitrogen and oxygen atoms in total. The Balaban J connectivity index is 2.90. The Morgan fingerprint density at radius 3 is 2.69 bits per heavy atom. The highest BCUT2D eigenvalue weighted by atomic mass is 16.6. The number of nitrogens with one attached hydrogen (secondary N) is 1. The van der Waals surface area contributed by atoms with E-state index < -0.39 is 10.9 Å². The molecule has 1 aromatic heterocycles. The Morgan fingerprint density at radius 2 is 2.31 bits per heavy atom. The van der Waals surface area contributed by atoms with Crippen LogP contribution in [0.15, 0.2) is 0 Å². The molecule has 0 unspecified atom stereocenters. The van der Waals surface area contributed by atoms with Gasteiger partial charge >= 0.3 is 11.9 Å². The molecule has 1 heterocycles. The van der Waals surface area contributed by atoms with E-state index in [1.165, 1.54) is 0 Å². The van der Waals surface area contributed by atoms with Crippen molar-refractivity contribution >= 4 is 11.9 Å². The quantitative estimate of drug-likeness (QED) is 0.496. The van der Waals surface area contributed by atoms with Crippen molar-refractivity contribution < 1.29 is 4.92 Å². The number of hydrogen-bond donors (Lipinski definition) is 2. The molecule has 1 aromatic rings. The van der Waals surface area contributed by atoms with E-state index >= 15 is 0 Å². The largest absolute Gasteiger partial charge is 0.494 e. The van der Waals surface area contributed by atoms with Crippen LogP contribution in [0, 0.1) is 10.1 Å². The van der Waals surface area contributed by atoms with Gasteiger partial charge in [0.25, 0.3) is 0 Å². The molecule has 72 valence electrons. The number of hydrogen-bond acceptors (Lipinski definition) is 6. The van der Waals surface area contributed by atoms with E-state index in [1.807, 2.05) is 13.8 Å². The summed E-state index contributed by atoms with van der Waals surface area (Å²) in [5.74, 6) is -0.536. The molecule has 0 fully saturated rings. The smallest absolute Gasteiger partial charge is 0.390 e. The summed E-state index contributed by atoms with van der Waals surface area (Å²) in [6, 6.07) is 0.0728. The van der Waals surface area contributed by atoms with Gasteiger partial charge in [-0.15, -0.1) is 0 Å². The molecule has 0 bridgehead atoms. The lowest BCUT2D eigenvalue weighted by Gasteiger charge is -2.05. The summed E-state index contributed by atoms with van der Waals surface area (Å²) in [6.07, 6.45) is 0. The molecular formula is C5H10N6O2. The molecule has 0 aliphatic carbocycles. The molecule has 0 saturated carbocycles. The van der Waals surface area contributed by atoms with Crippen LogP contribution in [0.25, 0.3) is 0 Å². The summed E-state index contributed by atoms with van der Waals surface area (Å²) in [5, 5.41) is 13.8. The second kappa shape index (κ2) is 3.25. The number of aromatic nitrogens is 3. The third kappa shape index (κ3) is 2.04. The molecule has 0 atom stereocenters. The molecule has 0 radical (unpaired) electrons. The summed E-state index contributed by atoms with van der Waals surface area (Å²) in [7, 11) is 0. The van der Waals surface area contributed by atoms with Gasteiger partial charge in [0, 0.05) is 6.04 Å². The number of rotatable bonds is 3. The van der Waals surface area contributed by atoms with Crippen LogP contribution in [0.3, 0.4) is 0 Å². The number of nitrogens with zero attached hydrogens (tertiary/aromatic N) is 4. The van der Waals surface area contributed by atoms with Crippen molar-refractivity contribution in [1.29, 1.82) is 0 Å². The van der Waals surface area contributed by atoms with Crippen LogP contribution in [0.5, 0.6) is 0 Å². The predicted octanol–water partition coefficient (Wildman–Crippen LogP) is -0.280. The maximum Gasteiger partial charge on any atom is 0.494 e. The van der Waals surface area contributed by atoms with E-state index in [0.29, 0.717) is 0 Å². The number of nitro groups is 1. The highest BCUT2D eigenvalue weighted by Gasteiger charge is 2.19. The van der Waals surface area contributed by atoms with Crippen LogP contribution in [-0.4, -0.2) is 25.8 Å². The van der Waals surface area contributed by atoms with Crippen LogP contribution >= 0.6 is 0 Å². The Bertz CT molecular complexity index is 319. The first-order valence-electron chi connectivity index (χ1n) is 3.64. The van der Waals surface area contributed by atoms with E-state index in [9.17, 15) is 10.1 Å². The standard InChI is InChI=1S/C5H10N6O2/c1-3(2)8-10-4(6)7-5(9-10)11(12)13/h3,8H,1-2H3,(H2,6,7,9). The van der Waals surface area contributed by atoms with Crippen molar-refractivity contribution in [3.05, 3.63) is 10.1 Å². The average molecular weight is 186 g/mol. The maximum absolute atomic E-state index is 10.2. The van der Waals surface area contributed by atoms with Gasteiger partial charge in [0.2, 0.25) is 0 Å². The topological polar surface area (TPSA) is 112 Å². The van der Waals surface area contributed by atoms with E-state index in [-0.39, 0.29) is 12.0 Å². The van der Waals surface area contributed by atoms with Gasteiger partial charge in [0.15, 0.2) is 0 Å². The lowest BCUT2D eigenvalue weighted by atomic mass is 10.4. The Kier molecular flexibility index (Phi) is 2.31. The lowest BCUT2D eigenvalue weighted by molar-refractivity contribution is -0.394. The summed E-state index contributed by atoms with van der Waals surface area (Å²) in [6.45, 7) is 3.71. The molecule has 8 heteroatoms. The van der Waals surface area contributed by atoms with E-state index in [1.54, 1.807) is 0 Å². The fraction of sp³-hybridized carbons (Fsp3) is 0.600. The predicted molar refractivity (Wildman–Crippen MR) is 45.6 cm³/mol. The van der Waals surface area contributed by atoms with Crippen molar-refractivity contribution in [3.8, 4) is 0 Å². The number of nitrogen functional groups attached to an aromatic ring is 1. The van der Waals surface area contributed by atoms with Crippen molar-refractivity contribution in [1.82, 2.24) is 14.9 Å². The molecule has 0 amide bonds. The summed E-state index contributed by atoms with van der Waals surface area (Å²) in [5.41, 5.74) is 8.11. The first-order valence-corrected chi connectivity index (χ1v) is 3.64. The molecule has 1 rings (SSSR count). The van der Waals surface area contributed by atoms with Crippen LogP contribution in [0.1, 0.15) is 13.8 Å². The van der Waals surface area contributed by atoms with Crippen molar-refractivity contribution in [3.63, 3.8) is 0 Å².